The minimum absolute atomic E-state index is 0.00353. The molecule has 2 bridgehead atoms. The van der Waals surface area contributed by atoms with Gasteiger partial charge in [-0.05, 0) is 62.3 Å². The smallest absolute Gasteiger partial charge is 0.420 e. The first kappa shape index (κ1) is 21.9. The molecule has 2 unspecified atom stereocenters. The van der Waals surface area contributed by atoms with Gasteiger partial charge in [0.05, 0.1) is 16.6 Å². The second kappa shape index (κ2) is 6.96. The van der Waals surface area contributed by atoms with E-state index >= 15 is 4.39 Å². The van der Waals surface area contributed by atoms with E-state index in [1.807, 2.05) is 0 Å². The van der Waals surface area contributed by atoms with Crippen molar-refractivity contribution in [2.24, 2.45) is 23.5 Å². The van der Waals surface area contributed by atoms with Crippen molar-refractivity contribution in [3.63, 3.8) is 0 Å². The van der Waals surface area contributed by atoms with Gasteiger partial charge in [0, 0.05) is 30.9 Å². The summed E-state index contributed by atoms with van der Waals surface area (Å²) in [5.74, 6) is -2.22. The van der Waals surface area contributed by atoms with Crippen molar-refractivity contribution in [3.8, 4) is 0 Å². The molecule has 2 aromatic rings. The zero-order valence-corrected chi connectivity index (χ0v) is 18.4. The topological polar surface area (TPSA) is 88.6 Å². The number of pyridine rings is 1. The monoisotopic (exact) mass is 479 g/mol. The van der Waals surface area contributed by atoms with Crippen molar-refractivity contribution in [1.29, 1.82) is 0 Å². The molecule has 182 valence electrons. The summed E-state index contributed by atoms with van der Waals surface area (Å²) in [5, 5.41) is 8.88. The number of anilines is 1. The normalized spacial score (nSPS) is 30.7. The van der Waals surface area contributed by atoms with Crippen molar-refractivity contribution >= 4 is 22.6 Å². The third kappa shape index (κ3) is 3.03. The number of halogens is 4. The van der Waals surface area contributed by atoms with Crippen LogP contribution in [0.2, 0.25) is 0 Å². The molecule has 3 N–H and O–H groups in total. The number of aromatic carboxylic acids is 1. The molecule has 2 heterocycles. The molecule has 5 fully saturated rings. The summed E-state index contributed by atoms with van der Waals surface area (Å²) in [7, 11) is 0. The van der Waals surface area contributed by atoms with Crippen LogP contribution in [0.25, 0.3) is 10.9 Å². The molecule has 1 saturated heterocycles. The molecule has 2 atom stereocenters. The molecule has 1 aliphatic heterocycles. The minimum atomic E-state index is -4.95. The van der Waals surface area contributed by atoms with Gasteiger partial charge in [-0.15, -0.1) is 0 Å². The van der Waals surface area contributed by atoms with E-state index in [2.05, 4.69) is 0 Å². The summed E-state index contributed by atoms with van der Waals surface area (Å²) in [6, 6.07) is 0.437. The first-order chi connectivity index (χ1) is 16.0. The fraction of sp³-hybridized carbons (Fsp3) is 0.583. The number of hydrogen-bond donors (Lipinski definition) is 2. The van der Waals surface area contributed by atoms with Crippen LogP contribution in [0.15, 0.2) is 17.1 Å². The number of hydrogen-bond acceptors (Lipinski definition) is 4. The van der Waals surface area contributed by atoms with Crippen LogP contribution in [0.1, 0.15) is 60.5 Å². The van der Waals surface area contributed by atoms with Crippen LogP contribution in [-0.2, 0) is 6.18 Å². The average molecular weight is 479 g/mol. The number of carbonyl (C=O) groups is 1. The molecule has 4 aliphatic carbocycles. The lowest BCUT2D eigenvalue weighted by molar-refractivity contribution is -0.136. The molecule has 0 spiro atoms. The summed E-state index contributed by atoms with van der Waals surface area (Å²) >= 11 is 0. The van der Waals surface area contributed by atoms with Gasteiger partial charge in [0.1, 0.15) is 16.9 Å². The highest BCUT2D eigenvalue weighted by Gasteiger charge is 2.56. The molecule has 34 heavy (non-hydrogen) atoms. The van der Waals surface area contributed by atoms with Crippen molar-refractivity contribution in [2.45, 2.75) is 56.3 Å². The molecular weight excluding hydrogens is 454 g/mol. The summed E-state index contributed by atoms with van der Waals surface area (Å²) in [5.41, 5.74) is 2.29. The molecule has 5 aliphatic rings. The number of aromatic nitrogens is 1. The van der Waals surface area contributed by atoms with Crippen LogP contribution in [0.3, 0.4) is 0 Å². The lowest BCUT2D eigenvalue weighted by Crippen LogP contribution is -2.58. The lowest BCUT2D eigenvalue weighted by Gasteiger charge is -2.52. The fourth-order valence-electron chi connectivity index (χ4n) is 6.92. The molecule has 0 radical (unpaired) electrons. The van der Waals surface area contributed by atoms with Crippen molar-refractivity contribution < 1.29 is 27.5 Å². The highest BCUT2D eigenvalue weighted by atomic mass is 19.4. The Labute approximate surface area is 192 Å². The van der Waals surface area contributed by atoms with Gasteiger partial charge in [-0.1, -0.05) is 0 Å². The van der Waals surface area contributed by atoms with E-state index in [0.29, 0.717) is 25.3 Å². The summed E-state index contributed by atoms with van der Waals surface area (Å²) in [6.07, 6.45) is 0.708. The van der Waals surface area contributed by atoms with Gasteiger partial charge in [0.2, 0.25) is 5.43 Å². The Bertz CT molecular complexity index is 1280. The Kier molecular flexibility index (Phi) is 4.48. The Hall–Kier alpha value is -2.62. The fourth-order valence-corrected chi connectivity index (χ4v) is 6.92. The number of alkyl halides is 3. The van der Waals surface area contributed by atoms with Gasteiger partial charge in [-0.25, -0.2) is 9.18 Å². The van der Waals surface area contributed by atoms with Crippen LogP contribution in [0.4, 0.5) is 23.2 Å². The molecule has 0 amide bonds. The minimum Gasteiger partial charge on any atom is -0.477 e. The molecule has 7 rings (SSSR count). The molecule has 10 heteroatoms. The highest BCUT2D eigenvalue weighted by molar-refractivity contribution is 5.95. The van der Waals surface area contributed by atoms with E-state index in [4.69, 9.17) is 5.73 Å². The van der Waals surface area contributed by atoms with E-state index in [9.17, 15) is 27.9 Å². The number of carboxylic acids is 1. The standard InChI is InChI=1S/C24H25F4N3O3/c25-17-7-13-19(31(12-1-2-12)9-15(21(13)32)22(33)34)18(24(26,27)28)20(17)30-8-14-11-3-5-23(29,6-4-11)16(14)10-30/h7,9,11-12,14,16H,1-6,8,10,29H2,(H,33,34). The van der Waals surface area contributed by atoms with Crippen LogP contribution < -0.4 is 16.1 Å². The van der Waals surface area contributed by atoms with Gasteiger partial charge in [-0.3, -0.25) is 4.79 Å². The number of rotatable bonds is 3. The Morgan fingerprint density at radius 1 is 1.15 bits per heavy atom. The maximum atomic E-state index is 15.5. The summed E-state index contributed by atoms with van der Waals surface area (Å²) in [4.78, 5) is 25.9. The predicted molar refractivity (Wildman–Crippen MR) is 116 cm³/mol. The quantitative estimate of drug-likeness (QED) is 0.646. The van der Waals surface area contributed by atoms with Crippen molar-refractivity contribution in [3.05, 3.63) is 39.4 Å². The van der Waals surface area contributed by atoms with Crippen molar-refractivity contribution in [2.75, 3.05) is 18.0 Å². The van der Waals surface area contributed by atoms with Crippen LogP contribution in [-0.4, -0.2) is 34.3 Å². The Morgan fingerprint density at radius 3 is 2.38 bits per heavy atom. The number of carboxylic acid groups (broad SMARTS) is 1. The maximum absolute atomic E-state index is 15.5. The van der Waals surface area contributed by atoms with E-state index in [0.717, 1.165) is 37.9 Å². The highest BCUT2D eigenvalue weighted by Crippen LogP contribution is 2.55. The average Bonchev–Trinajstić information content (AvgIpc) is 3.49. The molecule has 6 nitrogen and oxygen atoms in total. The number of fused-ring (bicyclic) bond motifs is 3. The second-order valence-corrected chi connectivity index (χ2v) is 10.5. The first-order valence-electron chi connectivity index (χ1n) is 11.8. The zero-order chi connectivity index (χ0) is 24.2. The largest absolute Gasteiger partial charge is 0.477 e. The molecule has 1 aromatic carbocycles. The van der Waals surface area contributed by atoms with Gasteiger partial charge >= 0.3 is 12.1 Å². The molecular formula is C24H25F4N3O3. The lowest BCUT2D eigenvalue weighted by atomic mass is 9.56. The van der Waals surface area contributed by atoms with Crippen LogP contribution >= 0.6 is 0 Å². The van der Waals surface area contributed by atoms with Gasteiger partial charge in [0.15, 0.2) is 0 Å². The van der Waals surface area contributed by atoms with E-state index in [1.165, 1.54) is 9.47 Å². The van der Waals surface area contributed by atoms with E-state index in [-0.39, 0.29) is 24.4 Å². The van der Waals surface area contributed by atoms with Gasteiger partial charge < -0.3 is 20.3 Å². The predicted octanol–water partition coefficient (Wildman–Crippen LogP) is 4.15. The number of nitrogens with two attached hydrogens (primary N) is 1. The Morgan fingerprint density at radius 2 is 1.82 bits per heavy atom. The Balaban J connectivity index is 1.60. The van der Waals surface area contributed by atoms with E-state index < -0.39 is 56.6 Å². The van der Waals surface area contributed by atoms with Crippen LogP contribution in [0, 0.1) is 23.6 Å². The van der Waals surface area contributed by atoms with Gasteiger partial charge in [-0.2, -0.15) is 13.2 Å². The SMILES string of the molecule is NC12CCC(CC1)C1CN(c3c(F)cc4c(=O)c(C(=O)O)cn(C5CC5)c4c3C(F)(F)F)CC12. The third-order valence-electron chi connectivity index (χ3n) is 8.68. The second-order valence-electron chi connectivity index (χ2n) is 10.5. The summed E-state index contributed by atoms with van der Waals surface area (Å²) < 4.78 is 60.6. The maximum Gasteiger partial charge on any atom is 0.420 e. The molecule has 4 saturated carbocycles. The number of benzene rings is 1. The number of nitrogens with zero attached hydrogens (tertiary/aromatic N) is 2. The van der Waals surface area contributed by atoms with Gasteiger partial charge in [0.25, 0.3) is 0 Å². The van der Waals surface area contributed by atoms with E-state index in [1.54, 1.807) is 0 Å². The third-order valence-corrected chi connectivity index (χ3v) is 8.68. The summed E-state index contributed by atoms with van der Waals surface area (Å²) in [6.45, 7) is 0.532. The first-order valence-corrected chi connectivity index (χ1v) is 11.8. The zero-order valence-electron chi connectivity index (χ0n) is 18.4. The van der Waals surface area contributed by atoms with Crippen molar-refractivity contribution in [1.82, 2.24) is 4.57 Å². The van der Waals surface area contributed by atoms with Crippen LogP contribution in [0.5, 0.6) is 0 Å². The molecule has 1 aromatic heterocycles.